The van der Waals surface area contributed by atoms with Crippen molar-refractivity contribution in [3.05, 3.63) is 0 Å². The number of ether oxygens (including phenoxy) is 2. The first-order valence-corrected chi connectivity index (χ1v) is 10.3. The molecule has 0 aliphatic rings. The van der Waals surface area contributed by atoms with Gasteiger partial charge in [-0.3, -0.25) is 14.4 Å². The summed E-state index contributed by atoms with van der Waals surface area (Å²) in [6.45, 7) is 3.15. The maximum absolute atomic E-state index is 11.8. The van der Waals surface area contributed by atoms with Gasteiger partial charge in [0, 0.05) is 19.5 Å². The summed E-state index contributed by atoms with van der Waals surface area (Å²) < 4.78 is 10.4. The molecule has 1 atom stereocenters. The smallest absolute Gasteiger partial charge is 0.326 e. The van der Waals surface area contributed by atoms with Crippen LogP contribution in [-0.4, -0.2) is 79.7 Å². The van der Waals surface area contributed by atoms with E-state index in [4.69, 9.17) is 9.47 Å². The van der Waals surface area contributed by atoms with Crippen molar-refractivity contribution in [2.75, 3.05) is 44.8 Å². The lowest BCUT2D eigenvalue weighted by molar-refractivity contribution is -0.142. The molecular formula is C17H30BrN3O7. The minimum atomic E-state index is -1.12. The standard InChI is InChI=1S/C17H30BrN3O7/c1-2-14(22)20-7-8-27-9-10-28-12-16(24)21-13(17(25)26)5-3-4-6-19-15(23)11-18/h13H,2-12H2,1H3,(H,19,23)(H,20,22)(H,21,24)(H,25,26)/t13-/m1/s1. The van der Waals surface area contributed by atoms with E-state index >= 15 is 0 Å². The summed E-state index contributed by atoms with van der Waals surface area (Å²) in [5, 5.41) is 17.1. The highest BCUT2D eigenvalue weighted by Crippen LogP contribution is 2.01. The molecule has 0 unspecified atom stereocenters. The number of nitrogens with one attached hydrogen (secondary N) is 3. The summed E-state index contributed by atoms with van der Waals surface area (Å²) in [5.41, 5.74) is 0. The zero-order valence-electron chi connectivity index (χ0n) is 16.1. The number of unbranched alkanes of at least 4 members (excludes halogenated alkanes) is 1. The minimum absolute atomic E-state index is 0.0480. The average Bonchev–Trinajstić information content (AvgIpc) is 2.67. The molecule has 0 aromatic carbocycles. The van der Waals surface area contributed by atoms with Gasteiger partial charge in [0.15, 0.2) is 0 Å². The molecule has 0 saturated carbocycles. The quantitative estimate of drug-likeness (QED) is 0.171. The second-order valence-electron chi connectivity index (χ2n) is 5.81. The molecule has 0 aliphatic heterocycles. The van der Waals surface area contributed by atoms with Gasteiger partial charge >= 0.3 is 5.97 Å². The number of aliphatic carboxylic acids is 1. The van der Waals surface area contributed by atoms with E-state index in [-0.39, 0.29) is 43.4 Å². The molecule has 0 aliphatic carbocycles. The number of carbonyl (C=O) groups excluding carboxylic acids is 3. The number of rotatable bonds is 17. The third-order valence-corrected chi connectivity index (χ3v) is 4.00. The summed E-state index contributed by atoms with van der Waals surface area (Å²) in [7, 11) is 0. The van der Waals surface area contributed by atoms with Gasteiger partial charge in [-0.25, -0.2) is 4.79 Å². The first kappa shape index (κ1) is 26.3. The van der Waals surface area contributed by atoms with Crippen LogP contribution in [0.1, 0.15) is 32.6 Å². The number of alkyl halides is 1. The number of carbonyl (C=O) groups is 4. The van der Waals surface area contributed by atoms with Crippen LogP contribution >= 0.6 is 15.9 Å². The topological polar surface area (TPSA) is 143 Å². The minimum Gasteiger partial charge on any atom is -0.480 e. The summed E-state index contributed by atoms with van der Waals surface area (Å²) in [5.74, 6) is -1.81. The van der Waals surface area contributed by atoms with Crippen molar-refractivity contribution >= 4 is 39.6 Å². The number of hydrogen-bond donors (Lipinski definition) is 4. The zero-order valence-corrected chi connectivity index (χ0v) is 17.7. The fourth-order valence-corrected chi connectivity index (χ4v) is 2.21. The van der Waals surface area contributed by atoms with E-state index in [9.17, 15) is 24.3 Å². The van der Waals surface area contributed by atoms with Crippen LogP contribution in [-0.2, 0) is 28.7 Å². The molecule has 0 aromatic heterocycles. The van der Waals surface area contributed by atoms with Gasteiger partial charge in [0.25, 0.3) is 0 Å². The summed E-state index contributed by atoms with van der Waals surface area (Å²) in [6.07, 6.45) is 1.84. The van der Waals surface area contributed by atoms with Gasteiger partial charge in [-0.05, 0) is 19.3 Å². The number of carboxylic acids is 1. The molecule has 0 saturated heterocycles. The highest BCUT2D eigenvalue weighted by molar-refractivity contribution is 9.09. The van der Waals surface area contributed by atoms with Crippen molar-refractivity contribution in [3.8, 4) is 0 Å². The molecule has 162 valence electrons. The van der Waals surface area contributed by atoms with Crippen LogP contribution in [0.25, 0.3) is 0 Å². The lowest BCUT2D eigenvalue weighted by Crippen LogP contribution is -2.42. The van der Waals surface area contributed by atoms with Crippen LogP contribution in [0.15, 0.2) is 0 Å². The Kier molecular flexibility index (Phi) is 16.3. The van der Waals surface area contributed by atoms with Gasteiger partial charge in [-0.2, -0.15) is 0 Å². The first-order chi connectivity index (χ1) is 13.4. The van der Waals surface area contributed by atoms with Gasteiger partial charge < -0.3 is 30.5 Å². The Balaban J connectivity index is 3.77. The maximum atomic E-state index is 11.8. The molecular weight excluding hydrogens is 438 g/mol. The first-order valence-electron chi connectivity index (χ1n) is 9.17. The fraction of sp³-hybridized carbons (Fsp3) is 0.765. The summed E-state index contributed by atoms with van der Waals surface area (Å²) in [4.78, 5) is 45.0. The molecule has 28 heavy (non-hydrogen) atoms. The molecule has 4 N–H and O–H groups in total. The Hall–Kier alpha value is -1.72. The van der Waals surface area contributed by atoms with Crippen LogP contribution in [0.2, 0.25) is 0 Å². The molecule has 0 heterocycles. The van der Waals surface area contributed by atoms with Gasteiger partial charge in [0.1, 0.15) is 12.6 Å². The van der Waals surface area contributed by atoms with E-state index < -0.39 is 17.9 Å². The van der Waals surface area contributed by atoms with Crippen LogP contribution in [0.4, 0.5) is 0 Å². The van der Waals surface area contributed by atoms with Crippen LogP contribution < -0.4 is 16.0 Å². The zero-order chi connectivity index (χ0) is 21.2. The van der Waals surface area contributed by atoms with Crippen LogP contribution in [0.3, 0.4) is 0 Å². The molecule has 0 rings (SSSR count). The molecule has 0 bridgehead atoms. The maximum Gasteiger partial charge on any atom is 0.326 e. The average molecular weight is 468 g/mol. The van der Waals surface area contributed by atoms with Crippen molar-refractivity contribution in [1.29, 1.82) is 0 Å². The third-order valence-electron chi connectivity index (χ3n) is 3.49. The molecule has 0 radical (unpaired) electrons. The number of hydrogen-bond acceptors (Lipinski definition) is 6. The van der Waals surface area contributed by atoms with Crippen molar-refractivity contribution < 1.29 is 33.8 Å². The number of carboxylic acid groups (broad SMARTS) is 1. The predicted octanol–water partition coefficient (Wildman–Crippen LogP) is -0.203. The van der Waals surface area contributed by atoms with Gasteiger partial charge in [0.2, 0.25) is 17.7 Å². The van der Waals surface area contributed by atoms with E-state index in [2.05, 4.69) is 31.9 Å². The second kappa shape index (κ2) is 17.4. The normalized spacial score (nSPS) is 11.5. The number of halogens is 1. The van der Waals surface area contributed by atoms with E-state index in [1.54, 1.807) is 6.92 Å². The van der Waals surface area contributed by atoms with Crippen molar-refractivity contribution in [3.63, 3.8) is 0 Å². The van der Waals surface area contributed by atoms with Crippen LogP contribution in [0, 0.1) is 0 Å². The van der Waals surface area contributed by atoms with Gasteiger partial charge in [-0.15, -0.1) is 0 Å². The van der Waals surface area contributed by atoms with Gasteiger partial charge in [0.05, 0.1) is 25.2 Å². The van der Waals surface area contributed by atoms with E-state index in [1.807, 2.05) is 0 Å². The fourth-order valence-electron chi connectivity index (χ4n) is 2.01. The Morgan fingerprint density at radius 1 is 0.929 bits per heavy atom. The van der Waals surface area contributed by atoms with Crippen molar-refractivity contribution in [2.24, 2.45) is 0 Å². The van der Waals surface area contributed by atoms with E-state index in [0.29, 0.717) is 39.0 Å². The lowest BCUT2D eigenvalue weighted by atomic mass is 10.1. The Labute approximate surface area is 173 Å². The van der Waals surface area contributed by atoms with Gasteiger partial charge in [-0.1, -0.05) is 22.9 Å². The molecule has 11 heteroatoms. The second-order valence-corrected chi connectivity index (χ2v) is 6.37. The molecule has 3 amide bonds. The monoisotopic (exact) mass is 467 g/mol. The highest BCUT2D eigenvalue weighted by atomic mass is 79.9. The molecule has 0 spiro atoms. The molecule has 0 aromatic rings. The Morgan fingerprint density at radius 2 is 1.61 bits per heavy atom. The SMILES string of the molecule is CCC(=O)NCCOCCOCC(=O)N[C@H](CCCCNC(=O)CBr)C(=O)O. The van der Waals surface area contributed by atoms with Crippen molar-refractivity contribution in [2.45, 2.75) is 38.6 Å². The predicted molar refractivity (Wildman–Crippen MR) is 105 cm³/mol. The summed E-state index contributed by atoms with van der Waals surface area (Å²) >= 11 is 3.03. The summed E-state index contributed by atoms with van der Waals surface area (Å²) in [6, 6.07) is -0.999. The number of amides is 3. The molecule has 0 fully saturated rings. The Bertz CT molecular complexity index is 491. The van der Waals surface area contributed by atoms with E-state index in [1.165, 1.54) is 0 Å². The highest BCUT2D eigenvalue weighted by Gasteiger charge is 2.19. The largest absolute Gasteiger partial charge is 0.480 e. The Morgan fingerprint density at radius 3 is 2.25 bits per heavy atom. The molecule has 10 nitrogen and oxygen atoms in total. The van der Waals surface area contributed by atoms with Crippen LogP contribution in [0.5, 0.6) is 0 Å². The lowest BCUT2D eigenvalue weighted by Gasteiger charge is -2.14. The third kappa shape index (κ3) is 15.3. The van der Waals surface area contributed by atoms with E-state index in [0.717, 1.165) is 0 Å². The van der Waals surface area contributed by atoms with Crippen molar-refractivity contribution in [1.82, 2.24) is 16.0 Å².